The van der Waals surface area contributed by atoms with Crippen LogP contribution in [0.5, 0.6) is 0 Å². The summed E-state index contributed by atoms with van der Waals surface area (Å²) in [7, 11) is 0. The lowest BCUT2D eigenvalue weighted by molar-refractivity contribution is 0.209. The van der Waals surface area contributed by atoms with Crippen molar-refractivity contribution in [3.63, 3.8) is 0 Å². The molecule has 118 valence electrons. The third kappa shape index (κ3) is 4.37. The summed E-state index contributed by atoms with van der Waals surface area (Å²) in [6.07, 6.45) is 7.69. The maximum Gasteiger partial charge on any atom is 0.0468 e. The van der Waals surface area contributed by atoms with Crippen molar-refractivity contribution >= 4 is 23.2 Å². The number of hydrogen-bond acceptors (Lipinski definition) is 1. The van der Waals surface area contributed by atoms with Gasteiger partial charge in [-0.15, -0.1) is 0 Å². The fourth-order valence-electron chi connectivity index (χ4n) is 3.62. The molecule has 0 spiro atoms. The van der Waals surface area contributed by atoms with E-state index in [1.165, 1.54) is 32.1 Å². The Bertz CT molecular complexity index is 427. The monoisotopic (exact) mass is 327 g/mol. The van der Waals surface area contributed by atoms with Gasteiger partial charge in [0.15, 0.2) is 0 Å². The first kappa shape index (κ1) is 17.1. The third-order valence-electron chi connectivity index (χ3n) is 4.80. The second kappa shape index (κ2) is 8.41. The van der Waals surface area contributed by atoms with Gasteiger partial charge in [0.05, 0.1) is 0 Å². The SMILES string of the molecule is CCCNC(c1c(Cl)cccc1Cl)C1CCCC(CC)C1. The van der Waals surface area contributed by atoms with Gasteiger partial charge in [-0.3, -0.25) is 0 Å². The zero-order valence-electron chi connectivity index (χ0n) is 13.2. The molecule has 0 aromatic heterocycles. The Morgan fingerprint density at radius 2 is 1.90 bits per heavy atom. The van der Waals surface area contributed by atoms with Crippen LogP contribution in [0.3, 0.4) is 0 Å². The Balaban J connectivity index is 2.25. The normalized spacial score (nSPS) is 24.0. The number of nitrogens with one attached hydrogen (secondary N) is 1. The first-order valence-electron chi connectivity index (χ1n) is 8.34. The third-order valence-corrected chi connectivity index (χ3v) is 5.46. The molecule has 0 aliphatic heterocycles. The summed E-state index contributed by atoms with van der Waals surface area (Å²) in [4.78, 5) is 0. The molecule has 0 saturated heterocycles. The lowest BCUT2D eigenvalue weighted by Gasteiger charge is -2.36. The molecule has 0 bridgehead atoms. The number of hydrogen-bond donors (Lipinski definition) is 1. The maximum atomic E-state index is 6.47. The van der Waals surface area contributed by atoms with E-state index in [-0.39, 0.29) is 0 Å². The Labute approximate surface area is 139 Å². The smallest absolute Gasteiger partial charge is 0.0468 e. The molecule has 1 aliphatic rings. The topological polar surface area (TPSA) is 12.0 Å². The van der Waals surface area contributed by atoms with Gasteiger partial charge in [-0.1, -0.05) is 62.4 Å². The van der Waals surface area contributed by atoms with Gasteiger partial charge in [-0.05, 0) is 49.8 Å². The van der Waals surface area contributed by atoms with Crippen molar-refractivity contribution in [1.82, 2.24) is 5.32 Å². The van der Waals surface area contributed by atoms with Crippen LogP contribution in [0.25, 0.3) is 0 Å². The van der Waals surface area contributed by atoms with Gasteiger partial charge in [0.2, 0.25) is 0 Å². The van der Waals surface area contributed by atoms with Crippen molar-refractivity contribution in [3.05, 3.63) is 33.8 Å². The molecular formula is C18H27Cl2N. The molecule has 1 aromatic rings. The van der Waals surface area contributed by atoms with Crippen LogP contribution in [0.2, 0.25) is 10.0 Å². The van der Waals surface area contributed by atoms with E-state index in [1.807, 2.05) is 18.2 Å². The fourth-order valence-corrected chi connectivity index (χ4v) is 4.25. The highest BCUT2D eigenvalue weighted by Crippen LogP contribution is 2.42. The van der Waals surface area contributed by atoms with Crippen molar-refractivity contribution < 1.29 is 0 Å². The van der Waals surface area contributed by atoms with E-state index in [2.05, 4.69) is 19.2 Å². The summed E-state index contributed by atoms with van der Waals surface area (Å²) in [6, 6.07) is 6.15. The highest BCUT2D eigenvalue weighted by atomic mass is 35.5. The van der Waals surface area contributed by atoms with E-state index in [1.54, 1.807) is 0 Å². The maximum absolute atomic E-state index is 6.47. The Morgan fingerprint density at radius 1 is 1.19 bits per heavy atom. The molecule has 0 radical (unpaired) electrons. The van der Waals surface area contributed by atoms with Gasteiger partial charge in [0.1, 0.15) is 0 Å². The second-order valence-corrected chi connectivity index (χ2v) is 7.08. The average molecular weight is 328 g/mol. The summed E-state index contributed by atoms with van der Waals surface area (Å²) in [5.74, 6) is 1.50. The molecule has 2 rings (SSSR count). The summed E-state index contributed by atoms with van der Waals surface area (Å²) >= 11 is 12.9. The summed E-state index contributed by atoms with van der Waals surface area (Å²) in [5.41, 5.74) is 1.11. The van der Waals surface area contributed by atoms with Crippen molar-refractivity contribution in [3.8, 4) is 0 Å². The lowest BCUT2D eigenvalue weighted by atomic mass is 9.75. The molecule has 1 nitrogen and oxygen atoms in total. The van der Waals surface area contributed by atoms with E-state index in [9.17, 15) is 0 Å². The molecule has 1 fully saturated rings. The second-order valence-electron chi connectivity index (χ2n) is 6.27. The molecule has 0 heterocycles. The van der Waals surface area contributed by atoms with Crippen LogP contribution in [0.4, 0.5) is 0 Å². The molecule has 21 heavy (non-hydrogen) atoms. The van der Waals surface area contributed by atoms with Crippen molar-refractivity contribution in [1.29, 1.82) is 0 Å². The fraction of sp³-hybridized carbons (Fsp3) is 0.667. The van der Waals surface area contributed by atoms with Gasteiger partial charge in [-0.25, -0.2) is 0 Å². The average Bonchev–Trinajstić information content (AvgIpc) is 2.50. The summed E-state index contributed by atoms with van der Waals surface area (Å²) < 4.78 is 0. The largest absolute Gasteiger partial charge is 0.310 e. The first-order chi connectivity index (χ1) is 10.2. The molecule has 3 heteroatoms. The molecule has 1 aliphatic carbocycles. The quantitative estimate of drug-likeness (QED) is 0.651. The van der Waals surface area contributed by atoms with Crippen molar-refractivity contribution in [2.24, 2.45) is 11.8 Å². The molecule has 0 amide bonds. The van der Waals surface area contributed by atoms with E-state index < -0.39 is 0 Å². The molecule has 1 saturated carbocycles. The summed E-state index contributed by atoms with van der Waals surface area (Å²) in [5, 5.41) is 5.31. The molecule has 3 unspecified atom stereocenters. The van der Waals surface area contributed by atoms with Crippen LogP contribution in [-0.4, -0.2) is 6.54 Å². The van der Waals surface area contributed by atoms with Crippen molar-refractivity contribution in [2.45, 2.75) is 58.4 Å². The van der Waals surface area contributed by atoms with Crippen LogP contribution < -0.4 is 5.32 Å². The minimum Gasteiger partial charge on any atom is -0.310 e. The van der Waals surface area contributed by atoms with Gasteiger partial charge >= 0.3 is 0 Å². The molecule has 1 N–H and O–H groups in total. The number of halogens is 2. The number of rotatable bonds is 6. The Kier molecular flexibility index (Phi) is 6.85. The van der Waals surface area contributed by atoms with E-state index in [4.69, 9.17) is 23.2 Å². The minimum atomic E-state index is 0.292. The van der Waals surface area contributed by atoms with Gasteiger partial charge in [-0.2, -0.15) is 0 Å². The first-order valence-corrected chi connectivity index (χ1v) is 9.10. The van der Waals surface area contributed by atoms with Crippen LogP contribution >= 0.6 is 23.2 Å². The van der Waals surface area contributed by atoms with Crippen LogP contribution in [0.1, 0.15) is 64.0 Å². The van der Waals surface area contributed by atoms with E-state index in [0.717, 1.165) is 34.5 Å². The van der Waals surface area contributed by atoms with E-state index in [0.29, 0.717) is 12.0 Å². The summed E-state index contributed by atoms with van der Waals surface area (Å²) in [6.45, 7) is 5.53. The van der Waals surface area contributed by atoms with Gasteiger partial charge in [0, 0.05) is 21.7 Å². The van der Waals surface area contributed by atoms with Crippen LogP contribution in [0.15, 0.2) is 18.2 Å². The van der Waals surface area contributed by atoms with Gasteiger partial charge in [0.25, 0.3) is 0 Å². The zero-order valence-corrected chi connectivity index (χ0v) is 14.7. The van der Waals surface area contributed by atoms with Crippen LogP contribution in [-0.2, 0) is 0 Å². The zero-order chi connectivity index (χ0) is 15.2. The highest BCUT2D eigenvalue weighted by molar-refractivity contribution is 6.36. The lowest BCUT2D eigenvalue weighted by Crippen LogP contribution is -2.32. The van der Waals surface area contributed by atoms with Crippen molar-refractivity contribution in [2.75, 3.05) is 6.54 Å². The van der Waals surface area contributed by atoms with Gasteiger partial charge < -0.3 is 5.32 Å². The van der Waals surface area contributed by atoms with Crippen LogP contribution in [0, 0.1) is 11.8 Å². The highest BCUT2D eigenvalue weighted by Gasteiger charge is 2.30. The molecule has 1 aromatic carbocycles. The minimum absolute atomic E-state index is 0.292. The predicted octanol–water partition coefficient (Wildman–Crippen LogP) is 6.25. The molecule has 3 atom stereocenters. The molecular weight excluding hydrogens is 301 g/mol. The number of benzene rings is 1. The predicted molar refractivity (Wildman–Crippen MR) is 93.2 cm³/mol. The Hall–Kier alpha value is -0.240. The standard InChI is InChI=1S/C18H27Cl2N/c1-3-11-21-18(14-8-5-7-13(4-2)12-14)17-15(19)9-6-10-16(17)20/h6,9-10,13-14,18,21H,3-5,7-8,11-12H2,1-2H3. The Morgan fingerprint density at radius 3 is 2.52 bits per heavy atom. The van der Waals surface area contributed by atoms with E-state index >= 15 is 0 Å².